The van der Waals surface area contributed by atoms with Gasteiger partial charge in [-0.25, -0.2) is 4.98 Å². The van der Waals surface area contributed by atoms with Crippen LogP contribution in [0.4, 0.5) is 0 Å². The molecule has 114 valence electrons. The molecular formula is C15H12N6OS. The van der Waals surface area contributed by atoms with Gasteiger partial charge < -0.3 is 4.57 Å². The number of fused-ring (bicyclic) bond motifs is 3. The summed E-state index contributed by atoms with van der Waals surface area (Å²) in [5.74, 6) is 0.492. The summed E-state index contributed by atoms with van der Waals surface area (Å²) in [6.07, 6.45) is 8.68. The van der Waals surface area contributed by atoms with Crippen LogP contribution in [0, 0.1) is 0 Å². The van der Waals surface area contributed by atoms with Crippen molar-refractivity contribution in [2.45, 2.75) is 11.7 Å². The maximum Gasteiger partial charge on any atom is 0.261 e. The second-order valence-corrected chi connectivity index (χ2v) is 5.75. The Hall–Kier alpha value is -2.74. The van der Waals surface area contributed by atoms with Gasteiger partial charge in [0, 0.05) is 24.8 Å². The lowest BCUT2D eigenvalue weighted by Gasteiger charge is -2.07. The molecule has 0 unspecified atom stereocenters. The van der Waals surface area contributed by atoms with Crippen molar-refractivity contribution in [2.24, 2.45) is 0 Å². The third-order valence-electron chi connectivity index (χ3n) is 3.55. The van der Waals surface area contributed by atoms with Gasteiger partial charge in [-0.3, -0.25) is 9.78 Å². The minimum atomic E-state index is -0.109. The highest BCUT2D eigenvalue weighted by Gasteiger charge is 2.11. The van der Waals surface area contributed by atoms with Crippen molar-refractivity contribution in [1.29, 1.82) is 0 Å². The summed E-state index contributed by atoms with van der Waals surface area (Å²) in [6, 6.07) is 5.65. The number of aromatic nitrogens is 6. The molecule has 0 aliphatic rings. The molecule has 4 rings (SSSR count). The fourth-order valence-electron chi connectivity index (χ4n) is 2.44. The van der Waals surface area contributed by atoms with E-state index in [2.05, 4.69) is 20.1 Å². The average Bonchev–Trinajstić information content (AvgIpc) is 3.02. The third-order valence-corrected chi connectivity index (χ3v) is 4.08. The van der Waals surface area contributed by atoms with Gasteiger partial charge in [0.15, 0.2) is 0 Å². The molecule has 0 bridgehead atoms. The van der Waals surface area contributed by atoms with E-state index in [1.54, 1.807) is 33.9 Å². The molecule has 0 aromatic carbocycles. The van der Waals surface area contributed by atoms with Crippen molar-refractivity contribution in [3.8, 4) is 0 Å². The number of hydrogen-bond acceptors (Lipinski definition) is 6. The molecule has 7 nitrogen and oxygen atoms in total. The number of hydrogen-bond donors (Lipinski definition) is 0. The van der Waals surface area contributed by atoms with Crippen LogP contribution in [-0.2, 0) is 6.54 Å². The topological polar surface area (TPSA) is 78.0 Å². The zero-order chi connectivity index (χ0) is 15.8. The van der Waals surface area contributed by atoms with E-state index in [1.165, 1.54) is 11.8 Å². The van der Waals surface area contributed by atoms with Crippen LogP contribution in [0.1, 0.15) is 5.56 Å². The number of thioether (sulfide) groups is 1. The van der Waals surface area contributed by atoms with Gasteiger partial charge in [-0.05, 0) is 24.0 Å². The van der Waals surface area contributed by atoms with Crippen molar-refractivity contribution in [2.75, 3.05) is 6.26 Å². The van der Waals surface area contributed by atoms with Gasteiger partial charge >= 0.3 is 0 Å². The lowest BCUT2D eigenvalue weighted by molar-refractivity contribution is 0.761. The van der Waals surface area contributed by atoms with Crippen LogP contribution in [0.3, 0.4) is 0 Å². The summed E-state index contributed by atoms with van der Waals surface area (Å²) in [5, 5.41) is 5.51. The maximum absolute atomic E-state index is 12.7. The summed E-state index contributed by atoms with van der Waals surface area (Å²) in [4.78, 5) is 25.3. The average molecular weight is 324 g/mol. The molecule has 0 saturated heterocycles. The van der Waals surface area contributed by atoms with Crippen LogP contribution in [0.25, 0.3) is 16.7 Å². The van der Waals surface area contributed by atoms with Crippen molar-refractivity contribution >= 4 is 28.4 Å². The second-order valence-electron chi connectivity index (χ2n) is 4.98. The molecule has 0 N–H and O–H groups in total. The highest BCUT2D eigenvalue weighted by Crippen LogP contribution is 2.14. The molecule has 0 saturated carbocycles. The molecule has 0 fully saturated rings. The van der Waals surface area contributed by atoms with Crippen molar-refractivity contribution in [1.82, 2.24) is 29.1 Å². The van der Waals surface area contributed by atoms with Crippen LogP contribution in [-0.4, -0.2) is 35.4 Å². The standard InChI is InChI=1S/C15H12N6OS/c1-23-15-18-14-17-8-11-12(21(14)19-15)4-6-20(13(11)22)9-10-3-2-5-16-7-10/h2-8H,9H2,1H3. The Balaban J connectivity index is 1.88. The smallest absolute Gasteiger partial charge is 0.261 e. The van der Waals surface area contributed by atoms with E-state index in [-0.39, 0.29) is 5.56 Å². The van der Waals surface area contributed by atoms with E-state index >= 15 is 0 Å². The minimum absolute atomic E-state index is 0.109. The molecule has 0 radical (unpaired) electrons. The zero-order valence-corrected chi connectivity index (χ0v) is 13.1. The van der Waals surface area contributed by atoms with E-state index in [1.807, 2.05) is 24.5 Å². The molecule has 0 spiro atoms. The summed E-state index contributed by atoms with van der Waals surface area (Å²) >= 11 is 1.44. The van der Waals surface area contributed by atoms with Crippen LogP contribution in [0.5, 0.6) is 0 Å². The van der Waals surface area contributed by atoms with Gasteiger partial charge in [-0.1, -0.05) is 17.8 Å². The van der Waals surface area contributed by atoms with E-state index in [4.69, 9.17) is 0 Å². The van der Waals surface area contributed by atoms with Crippen LogP contribution in [0.2, 0.25) is 0 Å². The first-order valence-corrected chi connectivity index (χ1v) is 8.16. The van der Waals surface area contributed by atoms with Crippen molar-refractivity contribution < 1.29 is 0 Å². The molecule has 4 aromatic heterocycles. The molecule has 23 heavy (non-hydrogen) atoms. The van der Waals surface area contributed by atoms with Crippen LogP contribution >= 0.6 is 11.8 Å². The predicted molar refractivity (Wildman–Crippen MR) is 87.7 cm³/mol. The molecule has 0 aliphatic carbocycles. The highest BCUT2D eigenvalue weighted by molar-refractivity contribution is 7.98. The van der Waals surface area contributed by atoms with Gasteiger partial charge in [0.2, 0.25) is 5.16 Å². The first-order valence-electron chi connectivity index (χ1n) is 6.94. The van der Waals surface area contributed by atoms with Gasteiger partial charge in [0.1, 0.15) is 0 Å². The van der Waals surface area contributed by atoms with E-state index in [0.29, 0.717) is 28.4 Å². The van der Waals surface area contributed by atoms with Crippen molar-refractivity contribution in [3.63, 3.8) is 0 Å². The first-order chi connectivity index (χ1) is 11.3. The fourth-order valence-corrected chi connectivity index (χ4v) is 2.78. The fraction of sp³-hybridized carbons (Fsp3) is 0.133. The summed E-state index contributed by atoms with van der Waals surface area (Å²) in [5.41, 5.74) is 1.56. The summed E-state index contributed by atoms with van der Waals surface area (Å²) in [6.45, 7) is 0.466. The van der Waals surface area contributed by atoms with E-state index in [0.717, 1.165) is 5.56 Å². The van der Waals surface area contributed by atoms with Gasteiger partial charge in [0.05, 0.1) is 17.4 Å². The predicted octanol–water partition coefficient (Wildman–Crippen LogP) is 1.60. The monoisotopic (exact) mass is 324 g/mol. The number of nitrogens with zero attached hydrogens (tertiary/aromatic N) is 6. The Morgan fingerprint density at radius 3 is 2.96 bits per heavy atom. The lowest BCUT2D eigenvalue weighted by Crippen LogP contribution is -2.21. The SMILES string of the molecule is CSc1nc2ncc3c(=O)n(Cc4cccnc4)ccc3n2n1. The zero-order valence-electron chi connectivity index (χ0n) is 12.2. The van der Waals surface area contributed by atoms with Gasteiger partial charge in [0.25, 0.3) is 11.3 Å². The molecule has 0 aliphatic heterocycles. The Morgan fingerprint density at radius 1 is 1.26 bits per heavy atom. The molecule has 0 atom stereocenters. The minimum Gasteiger partial charge on any atom is -0.310 e. The largest absolute Gasteiger partial charge is 0.310 e. The van der Waals surface area contributed by atoms with Crippen LogP contribution in [0.15, 0.2) is 52.9 Å². The second kappa shape index (κ2) is 5.47. The maximum atomic E-state index is 12.7. The molecule has 4 heterocycles. The van der Waals surface area contributed by atoms with Gasteiger partial charge in [-0.15, -0.1) is 5.10 Å². The normalized spacial score (nSPS) is 11.3. The Bertz CT molecular complexity index is 1060. The summed E-state index contributed by atoms with van der Waals surface area (Å²) < 4.78 is 3.25. The van der Waals surface area contributed by atoms with Crippen molar-refractivity contribution in [3.05, 3.63) is 58.9 Å². The Labute approximate surface area is 135 Å². The quantitative estimate of drug-likeness (QED) is 0.533. The highest BCUT2D eigenvalue weighted by atomic mass is 32.2. The lowest BCUT2D eigenvalue weighted by atomic mass is 10.2. The Kier molecular flexibility index (Phi) is 3.30. The number of rotatable bonds is 3. The number of pyridine rings is 2. The molecular weight excluding hydrogens is 312 g/mol. The van der Waals surface area contributed by atoms with E-state index in [9.17, 15) is 4.79 Å². The Morgan fingerprint density at radius 2 is 2.17 bits per heavy atom. The van der Waals surface area contributed by atoms with Gasteiger partial charge in [-0.2, -0.15) is 9.50 Å². The molecule has 8 heteroatoms. The molecule has 4 aromatic rings. The first kappa shape index (κ1) is 13.9. The van der Waals surface area contributed by atoms with E-state index < -0.39 is 0 Å². The third kappa shape index (κ3) is 2.36. The molecule has 0 amide bonds. The van der Waals surface area contributed by atoms with Crippen LogP contribution < -0.4 is 5.56 Å². The summed E-state index contributed by atoms with van der Waals surface area (Å²) in [7, 11) is 0.